The van der Waals surface area contributed by atoms with Gasteiger partial charge in [-0.15, -0.1) is 0 Å². The van der Waals surface area contributed by atoms with Gasteiger partial charge >= 0.3 is 0 Å². The van der Waals surface area contributed by atoms with E-state index in [1.54, 1.807) is 20.1 Å². The zero-order valence-electron chi connectivity index (χ0n) is 9.79. The number of halogens is 1. The minimum atomic E-state index is -0.947. The Bertz CT molecular complexity index is 386. The van der Waals surface area contributed by atoms with E-state index in [9.17, 15) is 4.39 Å². The zero-order chi connectivity index (χ0) is 11.8. The quantitative estimate of drug-likeness (QED) is 0.851. The van der Waals surface area contributed by atoms with Crippen molar-refractivity contribution in [1.82, 2.24) is 0 Å². The van der Waals surface area contributed by atoms with Crippen LogP contribution in [0.25, 0.3) is 0 Å². The molecule has 1 aliphatic rings. The second-order valence-electron chi connectivity index (χ2n) is 4.73. The number of hydrogen-bond acceptors (Lipinski definition) is 2. The number of alkyl halides is 1. The Morgan fingerprint density at radius 2 is 2.19 bits per heavy atom. The molecule has 1 fully saturated rings. The molecule has 1 aromatic carbocycles. The van der Waals surface area contributed by atoms with E-state index in [-0.39, 0.29) is 5.54 Å². The van der Waals surface area contributed by atoms with Gasteiger partial charge in [0.15, 0.2) is 0 Å². The van der Waals surface area contributed by atoms with Crippen molar-refractivity contribution in [3.05, 3.63) is 29.3 Å². The van der Waals surface area contributed by atoms with Gasteiger partial charge in [-0.25, -0.2) is 4.39 Å². The largest absolute Gasteiger partial charge is 0.496 e. The van der Waals surface area contributed by atoms with Crippen molar-refractivity contribution in [3.63, 3.8) is 0 Å². The Labute approximate surface area is 95.6 Å². The summed E-state index contributed by atoms with van der Waals surface area (Å²) in [6.07, 6.45) is 1.92. The molecule has 1 unspecified atom stereocenters. The number of rotatable bonds is 4. The molecule has 0 radical (unpaired) electrons. The minimum absolute atomic E-state index is 0.0779. The molecule has 0 amide bonds. The number of hydrogen-bond donors (Lipinski definition) is 1. The monoisotopic (exact) mass is 223 g/mol. The molecule has 16 heavy (non-hydrogen) atoms. The van der Waals surface area contributed by atoms with Gasteiger partial charge in [0.05, 0.1) is 7.11 Å². The highest BCUT2D eigenvalue weighted by atomic mass is 19.1. The van der Waals surface area contributed by atoms with Crippen LogP contribution in [0.15, 0.2) is 18.2 Å². The molecule has 0 aliphatic heterocycles. The summed E-state index contributed by atoms with van der Waals surface area (Å²) >= 11 is 0. The average Bonchev–Trinajstić information content (AvgIpc) is 2.96. The van der Waals surface area contributed by atoms with E-state index in [0.29, 0.717) is 5.56 Å². The molecular weight excluding hydrogens is 205 g/mol. The molecule has 2 nitrogen and oxygen atoms in total. The first-order valence-electron chi connectivity index (χ1n) is 5.64. The summed E-state index contributed by atoms with van der Waals surface area (Å²) in [4.78, 5) is 0. The average molecular weight is 223 g/mol. The van der Waals surface area contributed by atoms with Crippen molar-refractivity contribution in [3.8, 4) is 5.75 Å². The summed E-state index contributed by atoms with van der Waals surface area (Å²) in [5.41, 5.74) is 7.71. The third-order valence-electron chi connectivity index (χ3n) is 3.20. The SMILES string of the molecule is COc1ccc(C(C)F)cc1CC1(N)CC1. The maximum absolute atomic E-state index is 13.2. The van der Waals surface area contributed by atoms with Gasteiger partial charge in [-0.3, -0.25) is 0 Å². The van der Waals surface area contributed by atoms with Gasteiger partial charge in [0.1, 0.15) is 11.9 Å². The Morgan fingerprint density at radius 1 is 1.50 bits per heavy atom. The van der Waals surface area contributed by atoms with E-state index in [1.165, 1.54) is 0 Å². The fourth-order valence-corrected chi connectivity index (χ4v) is 1.90. The Kier molecular flexibility index (Phi) is 2.89. The number of methoxy groups -OCH3 is 1. The van der Waals surface area contributed by atoms with Crippen LogP contribution in [-0.4, -0.2) is 12.6 Å². The van der Waals surface area contributed by atoms with Gasteiger partial charge < -0.3 is 10.5 Å². The van der Waals surface area contributed by atoms with Crippen molar-refractivity contribution in [1.29, 1.82) is 0 Å². The second kappa shape index (κ2) is 4.06. The van der Waals surface area contributed by atoms with Crippen LogP contribution in [0.5, 0.6) is 5.75 Å². The Balaban J connectivity index is 2.27. The summed E-state index contributed by atoms with van der Waals surface area (Å²) in [7, 11) is 1.63. The maximum atomic E-state index is 13.2. The van der Waals surface area contributed by atoms with Crippen molar-refractivity contribution >= 4 is 0 Å². The van der Waals surface area contributed by atoms with Gasteiger partial charge in [0.2, 0.25) is 0 Å². The summed E-state index contributed by atoms with van der Waals surface area (Å²) in [5.74, 6) is 0.807. The first-order valence-corrected chi connectivity index (χ1v) is 5.64. The fraction of sp³-hybridized carbons (Fsp3) is 0.538. The van der Waals surface area contributed by atoms with E-state index >= 15 is 0 Å². The van der Waals surface area contributed by atoms with Crippen LogP contribution < -0.4 is 10.5 Å². The van der Waals surface area contributed by atoms with Crippen LogP contribution >= 0.6 is 0 Å². The second-order valence-corrected chi connectivity index (χ2v) is 4.73. The molecule has 1 aromatic rings. The lowest BCUT2D eigenvalue weighted by Gasteiger charge is -2.14. The van der Waals surface area contributed by atoms with Crippen molar-refractivity contribution in [2.75, 3.05) is 7.11 Å². The number of nitrogens with two attached hydrogens (primary N) is 1. The highest BCUT2D eigenvalue weighted by molar-refractivity contribution is 5.40. The van der Waals surface area contributed by atoms with Crippen LogP contribution in [0.4, 0.5) is 4.39 Å². The lowest BCUT2D eigenvalue weighted by molar-refractivity contribution is 0.371. The first kappa shape index (κ1) is 11.4. The van der Waals surface area contributed by atoms with Gasteiger partial charge in [-0.1, -0.05) is 6.07 Å². The summed E-state index contributed by atoms with van der Waals surface area (Å²) in [6, 6.07) is 5.46. The molecule has 0 aromatic heterocycles. The topological polar surface area (TPSA) is 35.2 Å². The van der Waals surface area contributed by atoms with E-state index < -0.39 is 6.17 Å². The molecule has 0 saturated heterocycles. The van der Waals surface area contributed by atoms with Crippen LogP contribution in [0.2, 0.25) is 0 Å². The molecule has 88 valence electrons. The lowest BCUT2D eigenvalue weighted by Crippen LogP contribution is -2.24. The van der Waals surface area contributed by atoms with Crippen LogP contribution in [0.3, 0.4) is 0 Å². The first-order chi connectivity index (χ1) is 7.54. The molecule has 1 atom stereocenters. The van der Waals surface area contributed by atoms with Gasteiger partial charge in [-0.05, 0) is 49.4 Å². The van der Waals surface area contributed by atoms with Crippen LogP contribution in [0, 0.1) is 0 Å². The molecule has 0 heterocycles. The zero-order valence-corrected chi connectivity index (χ0v) is 9.79. The van der Waals surface area contributed by atoms with Gasteiger partial charge in [0.25, 0.3) is 0 Å². The van der Waals surface area contributed by atoms with Gasteiger partial charge in [0, 0.05) is 5.54 Å². The van der Waals surface area contributed by atoms with E-state index in [4.69, 9.17) is 10.5 Å². The highest BCUT2D eigenvalue weighted by Gasteiger charge is 2.38. The van der Waals surface area contributed by atoms with Gasteiger partial charge in [-0.2, -0.15) is 0 Å². The van der Waals surface area contributed by atoms with Crippen LogP contribution in [0.1, 0.15) is 37.1 Å². The number of ether oxygens (including phenoxy) is 1. The normalized spacial score (nSPS) is 19.2. The summed E-state index contributed by atoms with van der Waals surface area (Å²) in [6.45, 7) is 1.54. The molecule has 1 saturated carbocycles. The van der Waals surface area contributed by atoms with Crippen LogP contribution in [-0.2, 0) is 6.42 Å². The fourth-order valence-electron chi connectivity index (χ4n) is 1.90. The van der Waals surface area contributed by atoms with Crippen molar-refractivity contribution in [2.45, 2.75) is 37.9 Å². The highest BCUT2D eigenvalue weighted by Crippen LogP contribution is 2.38. The van der Waals surface area contributed by atoms with E-state index in [1.807, 2.05) is 12.1 Å². The Hall–Kier alpha value is -1.09. The molecule has 0 spiro atoms. The molecule has 3 heteroatoms. The molecule has 1 aliphatic carbocycles. The number of benzene rings is 1. The third-order valence-corrected chi connectivity index (χ3v) is 3.20. The summed E-state index contributed by atoms with van der Waals surface area (Å²) in [5, 5.41) is 0. The molecule has 2 rings (SSSR count). The Morgan fingerprint density at radius 3 is 2.69 bits per heavy atom. The van der Waals surface area contributed by atoms with Crippen molar-refractivity contribution in [2.24, 2.45) is 5.73 Å². The molecule has 2 N–H and O–H groups in total. The predicted octanol–water partition coefficient (Wildman–Crippen LogP) is 2.76. The smallest absolute Gasteiger partial charge is 0.122 e. The maximum Gasteiger partial charge on any atom is 0.122 e. The predicted molar refractivity (Wildman–Crippen MR) is 62.4 cm³/mol. The summed E-state index contributed by atoms with van der Waals surface area (Å²) < 4.78 is 18.5. The van der Waals surface area contributed by atoms with E-state index in [2.05, 4.69) is 0 Å². The van der Waals surface area contributed by atoms with Crippen molar-refractivity contribution < 1.29 is 9.13 Å². The lowest BCUT2D eigenvalue weighted by atomic mass is 10.00. The third kappa shape index (κ3) is 2.35. The standard InChI is InChI=1S/C13H18FNO/c1-9(14)10-3-4-12(16-2)11(7-10)8-13(15)5-6-13/h3-4,7,9H,5-6,8,15H2,1-2H3. The minimum Gasteiger partial charge on any atom is -0.496 e. The molecule has 0 bridgehead atoms. The van der Waals surface area contributed by atoms with E-state index in [0.717, 1.165) is 30.6 Å². The molecular formula is C13H18FNO.